The number of rotatable bonds is 27. The Bertz CT molecular complexity index is 6420. The second-order valence-corrected chi connectivity index (χ2v) is 29.2. The number of nitrogens with one attached hydrogen (secondary N) is 4. The average molecular weight is 1660 g/mol. The minimum Gasteiger partial charge on any atom is -0.495 e. The zero-order chi connectivity index (χ0) is 86.5. The number of aryl methyl sites for hydroxylation is 3. The number of carboxylic acid groups (broad SMARTS) is 1. The molecule has 9 heterocycles. The number of fused-ring (bicyclic) bond motifs is 3. The number of hydrogen-bond acceptors (Lipinski definition) is 22. The molecule has 0 spiro atoms. The molecule has 5 N–H and O–H groups in total. The minimum atomic E-state index is -1.05. The van der Waals surface area contributed by atoms with Crippen molar-refractivity contribution in [3.63, 3.8) is 0 Å². The molecule has 0 aliphatic rings. The summed E-state index contributed by atoms with van der Waals surface area (Å²) < 4.78 is 22.7. The molecular weight excluding hydrogens is 1580 g/mol. The van der Waals surface area contributed by atoms with E-state index < -0.39 is 11.9 Å². The zero-order valence-corrected chi connectivity index (χ0v) is 69.6. The van der Waals surface area contributed by atoms with Gasteiger partial charge in [-0.1, -0.05) is 200 Å². The summed E-state index contributed by atoms with van der Waals surface area (Å²) in [4.78, 5) is 73.9. The van der Waals surface area contributed by atoms with E-state index in [0.29, 0.717) is 141 Å². The lowest BCUT2D eigenvalue weighted by atomic mass is 10.0. The van der Waals surface area contributed by atoms with E-state index in [2.05, 4.69) is 159 Å². The number of carbonyl (C=O) groups excluding carboxylic acids is 2. The molecule has 0 unspecified atom stereocenters. The molecule has 18 aromatic rings. The van der Waals surface area contributed by atoms with Gasteiger partial charge in [0.05, 0.1) is 117 Å². The number of benzene rings is 9. The van der Waals surface area contributed by atoms with Gasteiger partial charge in [-0.3, -0.25) is 4.79 Å². The molecule has 624 valence electrons. The highest BCUT2D eigenvalue weighted by Crippen LogP contribution is 2.45. The Kier molecular flexibility index (Phi) is 24.6. The number of aromatic amines is 3. The fourth-order valence-electron chi connectivity index (χ4n) is 15.3. The van der Waals surface area contributed by atoms with Crippen LogP contribution in [0.1, 0.15) is 64.5 Å². The highest BCUT2D eigenvalue weighted by molar-refractivity contribution is 6.11. The number of aromatic carboxylic acids is 1. The average Bonchev–Trinajstić information content (AvgIpc) is 1.62. The number of methoxy groups -OCH3 is 4. The molecule has 0 fully saturated rings. The van der Waals surface area contributed by atoms with Crippen LogP contribution in [0.5, 0.6) is 17.2 Å². The van der Waals surface area contributed by atoms with Gasteiger partial charge in [-0.15, -0.1) is 30.6 Å². The number of tetrazole rings is 3. The van der Waals surface area contributed by atoms with Crippen LogP contribution in [0, 0.1) is 0 Å². The summed E-state index contributed by atoms with van der Waals surface area (Å²) in [5.41, 5.74) is 16.4. The molecule has 0 aliphatic carbocycles. The summed E-state index contributed by atoms with van der Waals surface area (Å²) >= 11 is 0. The van der Waals surface area contributed by atoms with E-state index in [4.69, 9.17) is 28.9 Å². The van der Waals surface area contributed by atoms with Crippen molar-refractivity contribution in [3.05, 3.63) is 323 Å². The fourth-order valence-corrected chi connectivity index (χ4v) is 15.3. The van der Waals surface area contributed by atoms with Crippen LogP contribution in [0.15, 0.2) is 273 Å². The molecular formula is C95H86N22O8. The highest BCUT2D eigenvalue weighted by atomic mass is 16.5. The lowest BCUT2D eigenvalue weighted by molar-refractivity contribution is 0.0601. The van der Waals surface area contributed by atoms with Crippen molar-refractivity contribution in [1.82, 2.24) is 95.8 Å². The first-order chi connectivity index (χ1) is 61.1. The van der Waals surface area contributed by atoms with Crippen molar-refractivity contribution in [1.29, 1.82) is 0 Å². The van der Waals surface area contributed by atoms with E-state index in [0.717, 1.165) is 78.2 Å². The molecule has 0 radical (unpaired) electrons. The minimum absolute atomic E-state index is 0.108. The SMILES string of the molecule is CNC(=O)c1cnc(N(Cc2ccccc2)Cc2ccccc2)c2[nH]c(-c3cccc(-c4nnn(C)n4)c3OC)cc12.COC(=O)c1cnc(N(Cc2ccccc2)Cc2ccccc2)c2[nH]c(-c3cccc(-c4nnn(C)n4)c3OC)cc12.COc1c(-c2nnn(C)n2)cccc1-c1cc2c(C(=O)O)cnc(N(Cc3ccccc3)Cc3ccccc3)c2[nH]1. The van der Waals surface area contributed by atoms with Gasteiger partial charge in [0.25, 0.3) is 5.91 Å². The zero-order valence-electron chi connectivity index (χ0n) is 69.6. The first-order valence-electron chi connectivity index (χ1n) is 39.9. The van der Waals surface area contributed by atoms with Gasteiger partial charge in [-0.2, -0.15) is 14.4 Å². The van der Waals surface area contributed by atoms with E-state index in [-0.39, 0.29) is 11.5 Å². The number of anilines is 3. The number of pyridine rings is 3. The molecule has 0 saturated carbocycles. The van der Waals surface area contributed by atoms with E-state index in [1.54, 1.807) is 61.9 Å². The second-order valence-electron chi connectivity index (χ2n) is 29.2. The maximum atomic E-state index is 13.0. The van der Waals surface area contributed by atoms with Gasteiger partial charge in [0.1, 0.15) is 17.2 Å². The monoisotopic (exact) mass is 1660 g/mol. The molecule has 18 rings (SSSR count). The van der Waals surface area contributed by atoms with Gasteiger partial charge < -0.3 is 59.0 Å². The van der Waals surface area contributed by atoms with E-state index in [1.165, 1.54) is 27.7 Å². The number of esters is 1. The second kappa shape index (κ2) is 37.4. The predicted octanol–water partition coefficient (Wildman–Crippen LogP) is 15.8. The largest absolute Gasteiger partial charge is 0.495 e. The summed E-state index contributed by atoms with van der Waals surface area (Å²) in [6, 6.07) is 84.2. The van der Waals surface area contributed by atoms with Gasteiger partial charge in [0.15, 0.2) is 17.5 Å². The van der Waals surface area contributed by atoms with Crippen molar-refractivity contribution < 1.29 is 38.4 Å². The number of hydrogen-bond donors (Lipinski definition) is 5. The van der Waals surface area contributed by atoms with Crippen molar-refractivity contribution in [3.8, 4) is 85.2 Å². The molecule has 30 nitrogen and oxygen atoms in total. The normalized spacial score (nSPS) is 11.0. The summed E-state index contributed by atoms with van der Waals surface area (Å²) in [6.07, 6.45) is 4.66. The van der Waals surface area contributed by atoms with Crippen LogP contribution in [0.3, 0.4) is 0 Å². The fraction of sp³-hybridized carbons (Fsp3) is 0.147. The Labute approximate surface area is 717 Å². The number of H-pyrrole nitrogens is 3. The summed E-state index contributed by atoms with van der Waals surface area (Å²) in [5.74, 6) is 3.41. The van der Waals surface area contributed by atoms with Crippen molar-refractivity contribution in [2.75, 3.05) is 50.2 Å². The number of amides is 1. The van der Waals surface area contributed by atoms with Crippen LogP contribution in [0.4, 0.5) is 17.5 Å². The van der Waals surface area contributed by atoms with E-state index >= 15 is 0 Å². The quantitative estimate of drug-likeness (QED) is 0.0299. The molecule has 0 aliphatic heterocycles. The molecule has 9 aromatic carbocycles. The van der Waals surface area contributed by atoms with Gasteiger partial charge in [-0.05, 0) is 104 Å². The maximum absolute atomic E-state index is 13.0. The Balaban J connectivity index is 0.000000138. The third-order valence-corrected chi connectivity index (χ3v) is 21.0. The van der Waals surface area contributed by atoms with Crippen molar-refractivity contribution >= 4 is 68.0 Å². The number of aromatic nitrogens is 18. The Morgan fingerprint density at radius 3 is 0.880 bits per heavy atom. The Morgan fingerprint density at radius 2 is 0.624 bits per heavy atom. The van der Waals surface area contributed by atoms with Crippen molar-refractivity contribution in [2.45, 2.75) is 39.3 Å². The highest BCUT2D eigenvalue weighted by Gasteiger charge is 2.29. The number of para-hydroxylation sites is 3. The summed E-state index contributed by atoms with van der Waals surface area (Å²) in [6.45, 7) is 3.64. The topological polar surface area (TPSA) is 347 Å². The molecule has 0 bridgehead atoms. The van der Waals surface area contributed by atoms with Gasteiger partial charge in [0, 0.05) is 97.8 Å². The van der Waals surface area contributed by atoms with Crippen LogP contribution in [-0.2, 0) is 65.1 Å². The third-order valence-electron chi connectivity index (χ3n) is 21.0. The molecule has 0 saturated heterocycles. The molecule has 125 heavy (non-hydrogen) atoms. The van der Waals surface area contributed by atoms with Crippen LogP contribution < -0.4 is 34.2 Å². The number of ether oxygens (including phenoxy) is 4. The molecule has 0 atom stereocenters. The van der Waals surface area contributed by atoms with Gasteiger partial charge in [-0.25, -0.2) is 24.5 Å². The van der Waals surface area contributed by atoms with Crippen LogP contribution in [-0.4, -0.2) is 149 Å². The third kappa shape index (κ3) is 18.0. The lowest BCUT2D eigenvalue weighted by Crippen LogP contribution is -2.24. The van der Waals surface area contributed by atoms with Crippen LogP contribution in [0.25, 0.3) is 101 Å². The molecule has 9 aromatic heterocycles. The number of carbonyl (C=O) groups is 3. The first-order valence-corrected chi connectivity index (χ1v) is 39.9. The Hall–Kier alpha value is -16.5. The summed E-state index contributed by atoms with van der Waals surface area (Å²) in [7, 11) is 12.9. The van der Waals surface area contributed by atoms with E-state index in [9.17, 15) is 19.5 Å². The smallest absolute Gasteiger partial charge is 0.340 e. The van der Waals surface area contributed by atoms with Gasteiger partial charge >= 0.3 is 11.9 Å². The number of nitrogens with zero attached hydrogens (tertiary/aromatic N) is 18. The van der Waals surface area contributed by atoms with Gasteiger partial charge in [0.2, 0.25) is 17.5 Å². The van der Waals surface area contributed by atoms with Crippen molar-refractivity contribution in [2.24, 2.45) is 21.1 Å². The lowest BCUT2D eigenvalue weighted by Gasteiger charge is -2.25. The molecule has 30 heteroatoms. The number of carboxylic acids is 1. The van der Waals surface area contributed by atoms with E-state index in [1.807, 2.05) is 182 Å². The summed E-state index contributed by atoms with van der Waals surface area (Å²) in [5, 5.41) is 52.2. The maximum Gasteiger partial charge on any atom is 0.340 e. The Morgan fingerprint density at radius 1 is 0.360 bits per heavy atom. The first kappa shape index (κ1) is 82.2. The van der Waals surface area contributed by atoms with Crippen LogP contribution in [0.2, 0.25) is 0 Å². The molecule has 1 amide bonds. The van der Waals surface area contributed by atoms with Crippen LogP contribution >= 0.6 is 0 Å². The standard InChI is InChI=1S/C32H30N8O2.C32H29N7O3.C31H27N7O3/c1-33-32(41)26-18-34-31(40(19-21-11-6-4-7-12-21)20-22-13-8-5-9-14-22)28-25(26)17-27(35-28)23-15-10-16-24(29(23)42-3)30-36-38-39(2)37-30;1-38-36-30(35-37-38)24-16-10-15-23(29(24)41-2)27-17-25-26(32(40)42-3)18-33-31(28(25)34-27)39(19-21-11-6-4-7-12-21)20-22-13-8-5-9-14-22;1-37-35-29(34-36-37)23-15-9-14-22(28(23)41-2)26-16-24-25(31(39)40)17-32-30(27(24)33-26)38(18-20-10-5-3-6-11-20)19-21-12-7-4-8-13-21/h4-18,35H,19-20H2,1-3H3,(H,33,41);4-18,34H,19-20H2,1-3H3;3-17,33H,18-19H2,1-2H3,(H,39,40). The predicted molar refractivity (Wildman–Crippen MR) is 478 cm³/mol.